The number of nitrogens with one attached hydrogen (secondary N) is 1. The van der Waals surface area contributed by atoms with Gasteiger partial charge in [0.05, 0.1) is 0 Å². The number of aromatic nitrogens is 2. The number of hydrogen-bond donors (Lipinski definition) is 1. The monoisotopic (exact) mass is 368 g/mol. The number of alkyl halides is 3. The molecule has 3 rings (SSSR count). The third kappa shape index (κ3) is 2.71. The number of rotatable bonds is 4. The second-order valence-corrected chi connectivity index (χ2v) is 6.14. The predicted octanol–water partition coefficient (Wildman–Crippen LogP) is 2.70. The molecule has 2 aromatic rings. The van der Waals surface area contributed by atoms with E-state index in [0.717, 1.165) is 12.1 Å². The summed E-state index contributed by atoms with van der Waals surface area (Å²) in [4.78, 5) is 29.3. The fourth-order valence-corrected chi connectivity index (χ4v) is 2.66. The maximum absolute atomic E-state index is 13.8. The molecule has 1 fully saturated rings. The van der Waals surface area contributed by atoms with Gasteiger partial charge in [0.2, 0.25) is 11.4 Å². The topological polar surface area (TPSA) is 88.3 Å². The largest absolute Gasteiger partial charge is 0.425 e. The molecule has 1 N–H and O–H groups in total. The van der Waals surface area contributed by atoms with E-state index in [2.05, 4.69) is 10.1 Å². The molecule has 2 heterocycles. The smallest absolute Gasteiger partial charge is 0.337 e. The minimum absolute atomic E-state index is 0.0748. The first-order chi connectivity index (χ1) is 12.2. The first kappa shape index (κ1) is 17.9. The average molecular weight is 368 g/mol. The number of halogens is 3. The molecule has 0 bridgehead atoms. The summed E-state index contributed by atoms with van der Waals surface area (Å²) in [6.45, 7) is 3.05. The van der Waals surface area contributed by atoms with Crippen LogP contribution in [0.2, 0.25) is 0 Å². The zero-order chi connectivity index (χ0) is 19.1. The van der Waals surface area contributed by atoms with E-state index in [1.807, 2.05) is 0 Å². The first-order valence-corrected chi connectivity index (χ1v) is 7.75. The van der Waals surface area contributed by atoms with Gasteiger partial charge in [-0.25, -0.2) is 4.79 Å². The van der Waals surface area contributed by atoms with Crippen LogP contribution < -0.4 is 5.32 Å². The molecule has 3 amide bonds. The maximum atomic E-state index is 13.8. The number of amides is 3. The van der Waals surface area contributed by atoms with E-state index in [1.54, 1.807) is 19.2 Å². The van der Waals surface area contributed by atoms with Crippen LogP contribution in [-0.4, -0.2) is 33.2 Å². The van der Waals surface area contributed by atoms with Gasteiger partial charge in [-0.05, 0) is 5.56 Å². The number of imide groups is 1. The van der Waals surface area contributed by atoms with Gasteiger partial charge in [0.15, 0.2) is 5.82 Å². The highest BCUT2D eigenvalue weighted by atomic mass is 19.4. The van der Waals surface area contributed by atoms with Gasteiger partial charge in [-0.3, -0.25) is 9.69 Å². The van der Waals surface area contributed by atoms with Crippen molar-refractivity contribution in [3.63, 3.8) is 0 Å². The zero-order valence-corrected chi connectivity index (χ0v) is 13.9. The molecular formula is C16H15F3N4O3. The van der Waals surface area contributed by atoms with E-state index in [1.165, 1.54) is 18.2 Å². The number of hydrogen-bond acceptors (Lipinski definition) is 5. The molecule has 1 unspecified atom stereocenters. The van der Waals surface area contributed by atoms with Gasteiger partial charge in [0.1, 0.15) is 6.54 Å². The predicted molar refractivity (Wildman–Crippen MR) is 81.6 cm³/mol. The summed E-state index contributed by atoms with van der Waals surface area (Å²) >= 11 is 0. The van der Waals surface area contributed by atoms with Crippen LogP contribution in [-0.2, 0) is 16.9 Å². The fraction of sp³-hybridized carbons (Fsp3) is 0.375. The lowest BCUT2D eigenvalue weighted by Crippen LogP contribution is -2.55. The molecule has 0 aliphatic carbocycles. The highest BCUT2D eigenvalue weighted by molar-refractivity contribution is 6.08. The van der Waals surface area contributed by atoms with Crippen molar-refractivity contribution in [1.29, 1.82) is 0 Å². The van der Waals surface area contributed by atoms with E-state index >= 15 is 0 Å². The minimum atomic E-state index is -5.03. The van der Waals surface area contributed by atoms with Crippen molar-refractivity contribution in [3.05, 3.63) is 47.6 Å². The third-order valence-corrected chi connectivity index (χ3v) is 4.03. The SMILES string of the molecule is CC(C)c1noc(CN2C(=O)NC(c3ccccc3)(C(F)(F)F)C2=O)n1. The Morgan fingerprint density at radius 3 is 2.42 bits per heavy atom. The second-order valence-electron chi connectivity index (χ2n) is 6.14. The maximum Gasteiger partial charge on any atom is 0.425 e. The molecule has 0 radical (unpaired) electrons. The summed E-state index contributed by atoms with van der Waals surface area (Å²) in [5.74, 6) is -1.31. The highest BCUT2D eigenvalue weighted by Crippen LogP contribution is 2.43. The lowest BCUT2D eigenvalue weighted by molar-refractivity contribution is -0.198. The Morgan fingerprint density at radius 2 is 1.88 bits per heavy atom. The number of carbonyl (C=O) groups excluding carboxylic acids is 2. The van der Waals surface area contributed by atoms with Crippen molar-refractivity contribution in [2.45, 2.75) is 38.0 Å². The average Bonchev–Trinajstić information content (AvgIpc) is 3.14. The quantitative estimate of drug-likeness (QED) is 0.839. The van der Waals surface area contributed by atoms with E-state index in [4.69, 9.17) is 4.52 Å². The Morgan fingerprint density at radius 1 is 1.23 bits per heavy atom. The molecule has 1 aliphatic heterocycles. The van der Waals surface area contributed by atoms with Gasteiger partial charge >= 0.3 is 12.2 Å². The first-order valence-electron chi connectivity index (χ1n) is 7.75. The Kier molecular flexibility index (Phi) is 4.21. The molecule has 10 heteroatoms. The molecule has 1 aromatic heterocycles. The van der Waals surface area contributed by atoms with Crippen LogP contribution in [0.25, 0.3) is 0 Å². The summed E-state index contributed by atoms with van der Waals surface area (Å²) in [6.07, 6.45) is -5.03. The van der Waals surface area contributed by atoms with Crippen LogP contribution in [0.5, 0.6) is 0 Å². The number of nitrogens with zero attached hydrogens (tertiary/aromatic N) is 3. The summed E-state index contributed by atoms with van der Waals surface area (Å²) in [7, 11) is 0. The van der Waals surface area contributed by atoms with Gasteiger partial charge in [0.25, 0.3) is 5.91 Å². The molecule has 138 valence electrons. The molecule has 26 heavy (non-hydrogen) atoms. The highest BCUT2D eigenvalue weighted by Gasteiger charge is 2.68. The molecule has 1 aliphatic rings. The molecule has 1 atom stereocenters. The van der Waals surface area contributed by atoms with E-state index < -0.39 is 30.2 Å². The van der Waals surface area contributed by atoms with Crippen molar-refractivity contribution in [2.75, 3.05) is 0 Å². The summed E-state index contributed by atoms with van der Waals surface area (Å²) < 4.78 is 46.4. The summed E-state index contributed by atoms with van der Waals surface area (Å²) in [5.41, 5.74) is -3.52. The molecular weight excluding hydrogens is 353 g/mol. The third-order valence-electron chi connectivity index (χ3n) is 4.03. The Balaban J connectivity index is 1.97. The fourth-order valence-electron chi connectivity index (χ4n) is 2.66. The Bertz CT molecular complexity index is 835. The second kappa shape index (κ2) is 6.11. The Hall–Kier alpha value is -2.91. The van der Waals surface area contributed by atoms with Crippen LogP contribution in [0.1, 0.15) is 37.0 Å². The van der Waals surface area contributed by atoms with Gasteiger partial charge in [0, 0.05) is 5.92 Å². The van der Waals surface area contributed by atoms with Gasteiger partial charge in [-0.1, -0.05) is 49.3 Å². The van der Waals surface area contributed by atoms with Gasteiger partial charge in [-0.2, -0.15) is 18.2 Å². The van der Waals surface area contributed by atoms with Crippen LogP contribution >= 0.6 is 0 Å². The van der Waals surface area contributed by atoms with Crippen molar-refractivity contribution < 1.29 is 27.3 Å². The van der Waals surface area contributed by atoms with Gasteiger partial charge in [-0.15, -0.1) is 0 Å². The summed E-state index contributed by atoms with van der Waals surface area (Å²) in [6, 6.07) is 5.33. The number of benzene rings is 1. The van der Waals surface area contributed by atoms with Crippen LogP contribution in [0, 0.1) is 0 Å². The standard InChI is InChI=1S/C16H15F3N4O3/c1-9(2)12-20-11(26-22-12)8-23-13(24)15(16(17,18)19,21-14(23)25)10-6-4-3-5-7-10/h3-7,9H,8H2,1-2H3,(H,21,25). The zero-order valence-electron chi connectivity index (χ0n) is 13.9. The van der Waals surface area contributed by atoms with Crippen LogP contribution in [0.15, 0.2) is 34.9 Å². The van der Waals surface area contributed by atoms with Crippen molar-refractivity contribution in [1.82, 2.24) is 20.4 Å². The Labute approximate surface area is 146 Å². The van der Waals surface area contributed by atoms with Crippen molar-refractivity contribution >= 4 is 11.9 Å². The van der Waals surface area contributed by atoms with E-state index in [-0.39, 0.29) is 17.4 Å². The number of carbonyl (C=O) groups is 2. The summed E-state index contributed by atoms with van der Waals surface area (Å²) in [5, 5.41) is 5.47. The van der Waals surface area contributed by atoms with Crippen LogP contribution in [0.4, 0.5) is 18.0 Å². The van der Waals surface area contributed by atoms with Crippen molar-refractivity contribution in [3.8, 4) is 0 Å². The number of urea groups is 1. The lowest BCUT2D eigenvalue weighted by Gasteiger charge is -2.29. The van der Waals surface area contributed by atoms with E-state index in [9.17, 15) is 22.8 Å². The molecule has 0 saturated carbocycles. The van der Waals surface area contributed by atoms with Crippen molar-refractivity contribution in [2.24, 2.45) is 0 Å². The normalized spacial score (nSPS) is 20.8. The molecule has 1 saturated heterocycles. The molecule has 1 aromatic carbocycles. The molecule has 0 spiro atoms. The molecule has 7 nitrogen and oxygen atoms in total. The van der Waals surface area contributed by atoms with E-state index in [0.29, 0.717) is 10.7 Å². The van der Waals surface area contributed by atoms with Crippen LogP contribution in [0.3, 0.4) is 0 Å². The lowest BCUT2D eigenvalue weighted by atomic mass is 9.89. The van der Waals surface area contributed by atoms with Gasteiger partial charge < -0.3 is 9.84 Å². The minimum Gasteiger partial charge on any atom is -0.337 e.